The molecule has 2 rings (SSSR count). The van der Waals surface area contributed by atoms with Gasteiger partial charge in [0, 0.05) is 18.9 Å². The van der Waals surface area contributed by atoms with Crippen LogP contribution in [0.5, 0.6) is 0 Å². The second kappa shape index (κ2) is 6.23. The molecule has 0 aliphatic rings. The average molecular weight is 256 g/mol. The Labute approximate surface area is 114 Å². The minimum absolute atomic E-state index is 0.0752. The minimum atomic E-state index is -0.0752. The summed E-state index contributed by atoms with van der Waals surface area (Å²) in [6.45, 7) is 2.19. The van der Waals surface area contributed by atoms with E-state index in [1.165, 1.54) is 18.4 Å². The van der Waals surface area contributed by atoms with Gasteiger partial charge in [-0.15, -0.1) is 0 Å². The van der Waals surface area contributed by atoms with E-state index >= 15 is 0 Å². The molecule has 0 aliphatic heterocycles. The highest BCUT2D eigenvalue weighted by molar-refractivity contribution is 6.03. The Morgan fingerprint density at radius 3 is 2.53 bits per heavy atom. The summed E-state index contributed by atoms with van der Waals surface area (Å²) in [6.07, 6.45) is 5.37. The largest absolute Gasteiger partial charge is 0.347 e. The predicted molar refractivity (Wildman–Crippen MR) is 78.4 cm³/mol. The quantitative estimate of drug-likeness (QED) is 0.871. The van der Waals surface area contributed by atoms with Crippen molar-refractivity contribution in [3.05, 3.63) is 53.9 Å². The van der Waals surface area contributed by atoms with Crippen molar-refractivity contribution in [3.8, 4) is 0 Å². The lowest BCUT2D eigenvalue weighted by molar-refractivity contribution is 0.101. The summed E-state index contributed by atoms with van der Waals surface area (Å²) in [7, 11) is 1.86. The van der Waals surface area contributed by atoms with Crippen molar-refractivity contribution >= 4 is 11.6 Å². The molecule has 1 N–H and O–H groups in total. The molecule has 0 unspecified atom stereocenters. The highest BCUT2D eigenvalue weighted by Crippen LogP contribution is 2.13. The van der Waals surface area contributed by atoms with Gasteiger partial charge >= 0.3 is 0 Å². The first-order valence-corrected chi connectivity index (χ1v) is 6.72. The van der Waals surface area contributed by atoms with E-state index in [9.17, 15) is 4.79 Å². The molecule has 0 saturated carbocycles. The Bertz CT molecular complexity index is 540. The molecular formula is C16H20N2O. The summed E-state index contributed by atoms with van der Waals surface area (Å²) in [5.74, 6) is -0.0752. The van der Waals surface area contributed by atoms with Crippen LogP contribution in [-0.2, 0) is 13.5 Å². The van der Waals surface area contributed by atoms with Gasteiger partial charge in [0.15, 0.2) is 0 Å². The number of nitrogens with one attached hydrogen (secondary N) is 1. The van der Waals surface area contributed by atoms with Gasteiger partial charge in [-0.1, -0.05) is 25.5 Å². The van der Waals surface area contributed by atoms with Crippen molar-refractivity contribution in [2.24, 2.45) is 7.05 Å². The number of nitrogens with zero attached hydrogens (tertiary/aromatic N) is 1. The molecule has 1 aromatic carbocycles. The molecule has 1 amide bonds. The molecule has 3 nitrogen and oxygen atoms in total. The van der Waals surface area contributed by atoms with Crippen molar-refractivity contribution in [2.75, 3.05) is 5.32 Å². The van der Waals surface area contributed by atoms with Gasteiger partial charge in [0.25, 0.3) is 5.91 Å². The lowest BCUT2D eigenvalue weighted by Crippen LogP contribution is -2.15. The Kier molecular flexibility index (Phi) is 4.39. The zero-order chi connectivity index (χ0) is 13.7. The number of carbonyl (C=O) groups is 1. The number of rotatable bonds is 5. The van der Waals surface area contributed by atoms with Gasteiger partial charge < -0.3 is 9.88 Å². The fraction of sp³-hybridized carbons (Fsp3) is 0.312. The van der Waals surface area contributed by atoms with Gasteiger partial charge in [0.05, 0.1) is 0 Å². The van der Waals surface area contributed by atoms with Gasteiger partial charge in [-0.25, -0.2) is 0 Å². The number of amides is 1. The molecule has 0 bridgehead atoms. The topological polar surface area (TPSA) is 34.0 Å². The summed E-state index contributed by atoms with van der Waals surface area (Å²) < 4.78 is 1.81. The summed E-state index contributed by atoms with van der Waals surface area (Å²) in [4.78, 5) is 12.0. The molecule has 0 aliphatic carbocycles. The molecule has 0 spiro atoms. The maximum atomic E-state index is 12.0. The summed E-state index contributed by atoms with van der Waals surface area (Å²) in [5.41, 5.74) is 2.82. The number of aryl methyl sites for hydroxylation is 2. The van der Waals surface area contributed by atoms with Crippen LogP contribution in [0.3, 0.4) is 0 Å². The SMILES string of the molecule is CCCCc1ccc(NC(=O)c2cccn2C)cc1. The zero-order valence-corrected chi connectivity index (χ0v) is 11.5. The normalized spacial score (nSPS) is 10.4. The fourth-order valence-corrected chi connectivity index (χ4v) is 2.03. The Balaban J connectivity index is 2.00. The van der Waals surface area contributed by atoms with Crippen LogP contribution in [0, 0.1) is 0 Å². The maximum Gasteiger partial charge on any atom is 0.272 e. The van der Waals surface area contributed by atoms with Crippen molar-refractivity contribution in [3.63, 3.8) is 0 Å². The molecule has 1 aromatic heterocycles. The number of hydrogen-bond acceptors (Lipinski definition) is 1. The monoisotopic (exact) mass is 256 g/mol. The van der Waals surface area contributed by atoms with Crippen LogP contribution in [0.15, 0.2) is 42.6 Å². The number of unbranched alkanes of at least 4 members (excludes halogenated alkanes) is 1. The minimum Gasteiger partial charge on any atom is -0.347 e. The third-order valence-corrected chi connectivity index (χ3v) is 3.21. The molecular weight excluding hydrogens is 236 g/mol. The first-order chi connectivity index (χ1) is 9.20. The predicted octanol–water partition coefficient (Wildman–Crippen LogP) is 3.62. The van der Waals surface area contributed by atoms with Gasteiger partial charge in [0.2, 0.25) is 0 Å². The average Bonchev–Trinajstić information content (AvgIpc) is 2.84. The summed E-state index contributed by atoms with van der Waals surface area (Å²) in [5, 5.41) is 2.91. The third kappa shape index (κ3) is 3.47. The van der Waals surface area contributed by atoms with E-state index in [1.807, 2.05) is 42.1 Å². The Hall–Kier alpha value is -2.03. The van der Waals surface area contributed by atoms with Gasteiger partial charge in [-0.05, 0) is 42.7 Å². The molecule has 2 aromatic rings. The smallest absolute Gasteiger partial charge is 0.272 e. The first kappa shape index (κ1) is 13.4. The van der Waals surface area contributed by atoms with E-state index in [0.717, 1.165) is 12.1 Å². The Morgan fingerprint density at radius 2 is 1.95 bits per heavy atom. The molecule has 0 radical (unpaired) electrons. The number of hydrogen-bond donors (Lipinski definition) is 1. The summed E-state index contributed by atoms with van der Waals surface area (Å²) in [6, 6.07) is 11.8. The highest BCUT2D eigenvalue weighted by Gasteiger charge is 2.08. The molecule has 0 fully saturated rings. The van der Waals surface area contributed by atoms with Crippen LogP contribution in [-0.4, -0.2) is 10.5 Å². The standard InChI is InChI=1S/C16H20N2O/c1-3-4-6-13-8-10-14(11-9-13)17-16(19)15-7-5-12-18(15)2/h5,7-12H,3-4,6H2,1-2H3,(H,17,19). The maximum absolute atomic E-state index is 12.0. The van der Waals surface area contributed by atoms with Crippen LogP contribution >= 0.6 is 0 Å². The van der Waals surface area contributed by atoms with Crippen LogP contribution < -0.4 is 5.32 Å². The van der Waals surface area contributed by atoms with E-state index < -0.39 is 0 Å². The van der Waals surface area contributed by atoms with Crippen LogP contribution in [0.25, 0.3) is 0 Å². The summed E-state index contributed by atoms with van der Waals surface area (Å²) >= 11 is 0. The molecule has 1 heterocycles. The van der Waals surface area contributed by atoms with Crippen molar-refractivity contribution in [2.45, 2.75) is 26.2 Å². The van der Waals surface area contributed by atoms with E-state index in [-0.39, 0.29) is 5.91 Å². The first-order valence-electron chi connectivity index (χ1n) is 6.72. The number of carbonyl (C=O) groups excluding carboxylic acids is 1. The van der Waals surface area contributed by atoms with Crippen molar-refractivity contribution < 1.29 is 4.79 Å². The molecule has 0 saturated heterocycles. The van der Waals surface area contributed by atoms with Crippen molar-refractivity contribution in [1.29, 1.82) is 0 Å². The molecule has 19 heavy (non-hydrogen) atoms. The lowest BCUT2D eigenvalue weighted by Gasteiger charge is -2.07. The van der Waals surface area contributed by atoms with Gasteiger partial charge in [-0.2, -0.15) is 0 Å². The Morgan fingerprint density at radius 1 is 1.21 bits per heavy atom. The van der Waals surface area contributed by atoms with E-state index in [2.05, 4.69) is 24.4 Å². The van der Waals surface area contributed by atoms with Gasteiger partial charge in [-0.3, -0.25) is 4.79 Å². The number of aromatic nitrogens is 1. The second-order valence-electron chi connectivity index (χ2n) is 4.76. The van der Waals surface area contributed by atoms with Crippen molar-refractivity contribution in [1.82, 2.24) is 4.57 Å². The lowest BCUT2D eigenvalue weighted by atomic mass is 10.1. The second-order valence-corrected chi connectivity index (χ2v) is 4.76. The fourth-order valence-electron chi connectivity index (χ4n) is 2.03. The third-order valence-electron chi connectivity index (χ3n) is 3.21. The molecule has 0 atom stereocenters. The van der Waals surface area contributed by atoms with E-state index in [4.69, 9.17) is 0 Å². The van der Waals surface area contributed by atoms with Crippen LogP contribution in [0.2, 0.25) is 0 Å². The van der Waals surface area contributed by atoms with Gasteiger partial charge in [0.1, 0.15) is 5.69 Å². The van der Waals surface area contributed by atoms with E-state index in [0.29, 0.717) is 5.69 Å². The van der Waals surface area contributed by atoms with E-state index in [1.54, 1.807) is 0 Å². The van der Waals surface area contributed by atoms with Crippen LogP contribution in [0.1, 0.15) is 35.8 Å². The van der Waals surface area contributed by atoms with Crippen LogP contribution in [0.4, 0.5) is 5.69 Å². The molecule has 100 valence electrons. The number of benzene rings is 1. The zero-order valence-electron chi connectivity index (χ0n) is 11.5. The molecule has 3 heteroatoms. The number of anilines is 1. The highest BCUT2D eigenvalue weighted by atomic mass is 16.1.